The fraction of sp³-hybridized carbons (Fsp3) is 0.500. The molecule has 1 aromatic rings. The number of nitrogens with zero attached hydrogens (tertiary/aromatic N) is 1. The third-order valence-electron chi connectivity index (χ3n) is 2.76. The second kappa shape index (κ2) is 6.89. The molecule has 18 heavy (non-hydrogen) atoms. The highest BCUT2D eigenvalue weighted by atomic mass is 16.5. The van der Waals surface area contributed by atoms with Gasteiger partial charge in [0.1, 0.15) is 12.3 Å². The molecule has 100 valence electrons. The Hall–Kier alpha value is -1.71. The number of methoxy groups -OCH3 is 1. The molecule has 0 atom stereocenters. The van der Waals surface area contributed by atoms with Gasteiger partial charge in [0.2, 0.25) is 0 Å². The van der Waals surface area contributed by atoms with Gasteiger partial charge < -0.3 is 14.4 Å². The van der Waals surface area contributed by atoms with Crippen molar-refractivity contribution in [3.63, 3.8) is 0 Å². The van der Waals surface area contributed by atoms with E-state index in [1.54, 1.807) is 14.0 Å². The maximum absolute atomic E-state index is 11.4. The number of hydrogen-bond acceptors (Lipinski definition) is 4. The highest BCUT2D eigenvalue weighted by Gasteiger charge is 2.10. The zero-order chi connectivity index (χ0) is 13.5. The molecule has 0 fully saturated rings. The van der Waals surface area contributed by atoms with Crippen LogP contribution in [0, 0.1) is 0 Å². The number of benzene rings is 1. The molecule has 0 saturated heterocycles. The lowest BCUT2D eigenvalue weighted by Crippen LogP contribution is -2.27. The van der Waals surface area contributed by atoms with Crippen LogP contribution in [0.25, 0.3) is 0 Å². The van der Waals surface area contributed by atoms with E-state index in [0.29, 0.717) is 6.61 Å². The lowest BCUT2D eigenvalue weighted by atomic mass is 10.1. The van der Waals surface area contributed by atoms with E-state index < -0.39 is 0 Å². The summed E-state index contributed by atoms with van der Waals surface area (Å²) in [5, 5.41) is 0. The van der Waals surface area contributed by atoms with Gasteiger partial charge in [-0.15, -0.1) is 0 Å². The van der Waals surface area contributed by atoms with E-state index in [1.807, 2.05) is 30.1 Å². The summed E-state index contributed by atoms with van der Waals surface area (Å²) >= 11 is 0. The Morgan fingerprint density at radius 3 is 2.61 bits per heavy atom. The Kier molecular flexibility index (Phi) is 5.49. The van der Waals surface area contributed by atoms with Crippen LogP contribution in [0.4, 0.5) is 5.69 Å². The molecule has 0 N–H and O–H groups in total. The van der Waals surface area contributed by atoms with Crippen molar-refractivity contribution in [2.75, 3.05) is 32.2 Å². The summed E-state index contributed by atoms with van der Waals surface area (Å²) in [7, 11) is 3.54. The van der Waals surface area contributed by atoms with E-state index >= 15 is 0 Å². The molecule has 0 aromatic heterocycles. The third kappa shape index (κ3) is 3.65. The number of likely N-dealkylation sites (N-methyl/N-ethyl adjacent to an activating group) is 1. The van der Waals surface area contributed by atoms with E-state index in [0.717, 1.165) is 23.4 Å². The molecule has 0 aliphatic rings. The van der Waals surface area contributed by atoms with Crippen molar-refractivity contribution in [3.8, 4) is 5.75 Å². The van der Waals surface area contributed by atoms with Crippen LogP contribution in [0.2, 0.25) is 0 Å². The fourth-order valence-corrected chi connectivity index (χ4v) is 1.77. The van der Waals surface area contributed by atoms with Crippen molar-refractivity contribution < 1.29 is 14.3 Å². The average Bonchev–Trinajstić information content (AvgIpc) is 2.38. The number of carbonyl (C=O) groups excluding carboxylic acids is 1. The number of anilines is 1. The SMILES string of the molecule is CCOC(=O)CN(C)c1ccc(OC)c(CC)c1. The minimum atomic E-state index is -0.214. The van der Waals surface area contributed by atoms with Crippen molar-refractivity contribution >= 4 is 11.7 Å². The smallest absolute Gasteiger partial charge is 0.325 e. The monoisotopic (exact) mass is 251 g/mol. The van der Waals surface area contributed by atoms with Gasteiger partial charge in [0, 0.05) is 12.7 Å². The highest BCUT2D eigenvalue weighted by molar-refractivity contribution is 5.75. The van der Waals surface area contributed by atoms with Gasteiger partial charge >= 0.3 is 5.97 Å². The molecule has 0 unspecified atom stereocenters. The van der Waals surface area contributed by atoms with Gasteiger partial charge in [-0.1, -0.05) is 6.92 Å². The van der Waals surface area contributed by atoms with Gasteiger partial charge in [0.15, 0.2) is 0 Å². The second-order valence-electron chi connectivity index (χ2n) is 4.01. The molecule has 0 radical (unpaired) electrons. The number of aryl methyl sites for hydroxylation is 1. The molecule has 0 aliphatic heterocycles. The molecule has 0 heterocycles. The second-order valence-corrected chi connectivity index (χ2v) is 4.01. The van der Waals surface area contributed by atoms with Crippen molar-refractivity contribution in [1.82, 2.24) is 0 Å². The van der Waals surface area contributed by atoms with Crippen molar-refractivity contribution in [2.45, 2.75) is 20.3 Å². The Balaban J connectivity index is 2.79. The lowest BCUT2D eigenvalue weighted by Gasteiger charge is -2.19. The summed E-state index contributed by atoms with van der Waals surface area (Å²) in [6, 6.07) is 5.91. The largest absolute Gasteiger partial charge is 0.496 e. The summed E-state index contributed by atoms with van der Waals surface area (Å²) in [4.78, 5) is 13.3. The first-order valence-electron chi connectivity index (χ1n) is 6.16. The molecular weight excluding hydrogens is 230 g/mol. The van der Waals surface area contributed by atoms with Gasteiger partial charge in [-0.2, -0.15) is 0 Å². The Bertz CT molecular complexity index is 404. The summed E-state index contributed by atoms with van der Waals surface area (Å²) in [6.45, 7) is 4.55. The van der Waals surface area contributed by atoms with Crippen LogP contribution in [-0.2, 0) is 16.0 Å². The number of ether oxygens (including phenoxy) is 2. The molecule has 0 spiro atoms. The Morgan fingerprint density at radius 2 is 2.06 bits per heavy atom. The average molecular weight is 251 g/mol. The van der Waals surface area contributed by atoms with E-state index in [4.69, 9.17) is 9.47 Å². The summed E-state index contributed by atoms with van der Waals surface area (Å²) in [5.41, 5.74) is 2.12. The number of esters is 1. The third-order valence-corrected chi connectivity index (χ3v) is 2.76. The topological polar surface area (TPSA) is 38.8 Å². The summed E-state index contributed by atoms with van der Waals surface area (Å²) in [6.07, 6.45) is 0.893. The molecular formula is C14H21NO3. The van der Waals surface area contributed by atoms with Gasteiger partial charge in [0.25, 0.3) is 0 Å². The molecule has 1 rings (SSSR count). The standard InChI is InChI=1S/C14H21NO3/c1-5-11-9-12(7-8-13(11)17-4)15(3)10-14(16)18-6-2/h7-9H,5-6,10H2,1-4H3. The maximum atomic E-state index is 11.4. The first-order valence-corrected chi connectivity index (χ1v) is 6.16. The van der Waals surface area contributed by atoms with Crippen LogP contribution < -0.4 is 9.64 Å². The molecule has 1 aromatic carbocycles. The quantitative estimate of drug-likeness (QED) is 0.727. The van der Waals surface area contributed by atoms with Gasteiger partial charge in [-0.25, -0.2) is 0 Å². The summed E-state index contributed by atoms with van der Waals surface area (Å²) < 4.78 is 10.2. The predicted molar refractivity (Wildman–Crippen MR) is 72.3 cm³/mol. The van der Waals surface area contributed by atoms with E-state index in [-0.39, 0.29) is 12.5 Å². The van der Waals surface area contributed by atoms with Gasteiger partial charge in [-0.3, -0.25) is 4.79 Å². The van der Waals surface area contributed by atoms with Gasteiger partial charge in [-0.05, 0) is 37.1 Å². The van der Waals surface area contributed by atoms with Crippen LogP contribution in [0.5, 0.6) is 5.75 Å². The number of rotatable bonds is 6. The van der Waals surface area contributed by atoms with Gasteiger partial charge in [0.05, 0.1) is 13.7 Å². The minimum Gasteiger partial charge on any atom is -0.496 e. The Labute approximate surface area is 108 Å². The normalized spacial score (nSPS) is 10.0. The van der Waals surface area contributed by atoms with Crippen LogP contribution in [-0.4, -0.2) is 33.3 Å². The lowest BCUT2D eigenvalue weighted by molar-refractivity contribution is -0.141. The number of hydrogen-bond donors (Lipinski definition) is 0. The summed E-state index contributed by atoms with van der Waals surface area (Å²) in [5.74, 6) is 0.666. The van der Waals surface area contributed by atoms with Crippen LogP contribution in [0.3, 0.4) is 0 Å². The molecule has 4 heteroatoms. The van der Waals surface area contributed by atoms with Crippen LogP contribution >= 0.6 is 0 Å². The minimum absolute atomic E-state index is 0.214. The number of carbonyl (C=O) groups is 1. The van der Waals surface area contributed by atoms with Crippen molar-refractivity contribution in [2.24, 2.45) is 0 Å². The van der Waals surface area contributed by atoms with Crippen molar-refractivity contribution in [3.05, 3.63) is 23.8 Å². The zero-order valence-corrected chi connectivity index (χ0v) is 11.5. The molecule has 0 aliphatic carbocycles. The Morgan fingerprint density at radius 1 is 1.33 bits per heavy atom. The van der Waals surface area contributed by atoms with Crippen molar-refractivity contribution in [1.29, 1.82) is 0 Å². The van der Waals surface area contributed by atoms with E-state index in [1.165, 1.54) is 0 Å². The molecule has 0 amide bonds. The highest BCUT2D eigenvalue weighted by Crippen LogP contribution is 2.24. The van der Waals surface area contributed by atoms with E-state index in [2.05, 4.69) is 6.92 Å². The van der Waals surface area contributed by atoms with E-state index in [9.17, 15) is 4.79 Å². The molecule has 4 nitrogen and oxygen atoms in total. The van der Waals surface area contributed by atoms with Crippen LogP contribution in [0.15, 0.2) is 18.2 Å². The first kappa shape index (κ1) is 14.4. The fourth-order valence-electron chi connectivity index (χ4n) is 1.77. The van der Waals surface area contributed by atoms with Crippen LogP contribution in [0.1, 0.15) is 19.4 Å². The first-order chi connectivity index (χ1) is 8.62. The maximum Gasteiger partial charge on any atom is 0.325 e. The molecule has 0 saturated carbocycles. The molecule has 0 bridgehead atoms. The zero-order valence-electron chi connectivity index (χ0n) is 11.5. The predicted octanol–water partition coefficient (Wildman–Crippen LogP) is 2.26.